The molecule has 1 aromatic carbocycles. The summed E-state index contributed by atoms with van der Waals surface area (Å²) in [5.41, 5.74) is 2.85. The SMILES string of the molecule is C[C@@H]1CCc2c(C(=O)N3CCC(C(=O)c4ccc5c(c4)OCCO5)CC3)csc2C1. The number of ketones is 1. The van der Waals surface area contributed by atoms with E-state index in [1.165, 1.54) is 10.4 Å². The summed E-state index contributed by atoms with van der Waals surface area (Å²) in [5.74, 6) is 2.30. The highest BCUT2D eigenvalue weighted by atomic mass is 32.1. The Morgan fingerprint density at radius 2 is 1.83 bits per heavy atom. The molecule has 0 saturated carbocycles. The number of fused-ring (bicyclic) bond motifs is 2. The predicted molar refractivity (Wildman–Crippen MR) is 116 cm³/mol. The first kappa shape index (κ1) is 19.6. The average Bonchev–Trinajstić information content (AvgIpc) is 3.21. The number of likely N-dealkylation sites (tertiary alicyclic amines) is 1. The molecule has 0 spiro atoms. The Balaban J connectivity index is 1.23. The van der Waals surface area contributed by atoms with Crippen LogP contribution in [-0.2, 0) is 12.8 Å². The van der Waals surface area contributed by atoms with Crippen LogP contribution in [0.15, 0.2) is 23.6 Å². The highest BCUT2D eigenvalue weighted by molar-refractivity contribution is 7.10. The lowest BCUT2D eigenvalue weighted by Crippen LogP contribution is -2.40. The summed E-state index contributed by atoms with van der Waals surface area (Å²) in [6, 6.07) is 5.44. The van der Waals surface area contributed by atoms with Crippen LogP contribution in [0.5, 0.6) is 11.5 Å². The van der Waals surface area contributed by atoms with Crippen LogP contribution in [0.4, 0.5) is 0 Å². The molecule has 3 heterocycles. The Morgan fingerprint density at radius 1 is 1.07 bits per heavy atom. The number of thiophene rings is 1. The van der Waals surface area contributed by atoms with Crippen molar-refractivity contribution < 1.29 is 19.1 Å². The zero-order valence-corrected chi connectivity index (χ0v) is 18.1. The van der Waals surface area contributed by atoms with Crippen molar-refractivity contribution in [1.82, 2.24) is 4.90 Å². The van der Waals surface area contributed by atoms with Crippen molar-refractivity contribution in [3.05, 3.63) is 45.1 Å². The Bertz CT molecular complexity index is 974. The van der Waals surface area contributed by atoms with Gasteiger partial charge >= 0.3 is 0 Å². The third-order valence-corrected chi connectivity index (χ3v) is 7.66. The van der Waals surface area contributed by atoms with Crippen molar-refractivity contribution in [1.29, 1.82) is 0 Å². The fourth-order valence-corrected chi connectivity index (χ4v) is 6.04. The molecule has 1 fully saturated rings. The lowest BCUT2D eigenvalue weighted by molar-refractivity contribution is 0.0649. The number of rotatable bonds is 3. The number of hydrogen-bond acceptors (Lipinski definition) is 5. The molecule has 1 saturated heterocycles. The lowest BCUT2D eigenvalue weighted by Gasteiger charge is -2.32. The number of hydrogen-bond donors (Lipinski definition) is 0. The molecular formula is C24H27NO4S. The second-order valence-electron chi connectivity index (χ2n) is 8.69. The van der Waals surface area contributed by atoms with Gasteiger partial charge in [-0.15, -0.1) is 11.3 Å². The van der Waals surface area contributed by atoms with Gasteiger partial charge in [-0.1, -0.05) is 6.92 Å². The minimum Gasteiger partial charge on any atom is -0.486 e. The first-order valence-electron chi connectivity index (χ1n) is 10.9. The molecule has 6 heteroatoms. The van der Waals surface area contributed by atoms with Crippen LogP contribution < -0.4 is 9.47 Å². The minimum absolute atomic E-state index is 0.0474. The second-order valence-corrected chi connectivity index (χ2v) is 9.65. The van der Waals surface area contributed by atoms with Gasteiger partial charge in [0, 0.05) is 34.8 Å². The molecule has 3 aliphatic rings. The Labute approximate surface area is 181 Å². The number of Topliss-reactive ketones (excluding diaryl/α,β-unsaturated/α-hetero) is 1. The molecule has 0 radical (unpaired) electrons. The molecule has 0 bridgehead atoms. The van der Waals surface area contributed by atoms with E-state index in [2.05, 4.69) is 12.3 Å². The van der Waals surface area contributed by atoms with E-state index in [4.69, 9.17) is 9.47 Å². The largest absolute Gasteiger partial charge is 0.486 e. The molecule has 2 aromatic rings. The minimum atomic E-state index is -0.0474. The lowest BCUT2D eigenvalue weighted by atomic mass is 9.87. The third-order valence-electron chi connectivity index (χ3n) is 6.61. The molecule has 5 rings (SSSR count). The number of carbonyl (C=O) groups is 2. The fourth-order valence-electron chi connectivity index (χ4n) is 4.80. The molecule has 0 unspecified atom stereocenters. The molecule has 0 N–H and O–H groups in total. The summed E-state index contributed by atoms with van der Waals surface area (Å²) in [7, 11) is 0. The van der Waals surface area contributed by atoms with Crippen LogP contribution in [0, 0.1) is 11.8 Å². The Hall–Kier alpha value is -2.34. The number of ether oxygens (including phenoxy) is 2. The molecule has 30 heavy (non-hydrogen) atoms. The third kappa shape index (κ3) is 3.62. The number of amides is 1. The number of piperidine rings is 1. The summed E-state index contributed by atoms with van der Waals surface area (Å²) in [4.78, 5) is 29.5. The number of benzene rings is 1. The zero-order valence-electron chi connectivity index (χ0n) is 17.3. The Kier molecular flexibility index (Phi) is 5.27. The first-order chi connectivity index (χ1) is 14.6. The Morgan fingerprint density at radius 3 is 2.63 bits per heavy atom. The van der Waals surface area contributed by atoms with E-state index in [0.717, 1.165) is 24.8 Å². The van der Waals surface area contributed by atoms with Crippen LogP contribution >= 0.6 is 11.3 Å². The maximum absolute atomic E-state index is 13.1. The maximum atomic E-state index is 13.1. The topological polar surface area (TPSA) is 55.8 Å². The van der Waals surface area contributed by atoms with E-state index < -0.39 is 0 Å². The van der Waals surface area contributed by atoms with Crippen molar-refractivity contribution in [2.24, 2.45) is 11.8 Å². The van der Waals surface area contributed by atoms with Crippen molar-refractivity contribution in [2.75, 3.05) is 26.3 Å². The van der Waals surface area contributed by atoms with E-state index >= 15 is 0 Å². The van der Waals surface area contributed by atoms with Crippen LogP contribution in [0.2, 0.25) is 0 Å². The molecule has 1 aliphatic carbocycles. The van der Waals surface area contributed by atoms with Crippen LogP contribution in [0.1, 0.15) is 57.3 Å². The molecular weight excluding hydrogens is 398 g/mol. The highest BCUT2D eigenvalue weighted by Gasteiger charge is 2.31. The van der Waals surface area contributed by atoms with E-state index in [1.807, 2.05) is 17.0 Å². The van der Waals surface area contributed by atoms with E-state index in [0.29, 0.717) is 62.1 Å². The molecule has 1 aromatic heterocycles. The van der Waals surface area contributed by atoms with Crippen molar-refractivity contribution in [2.45, 2.75) is 39.0 Å². The van der Waals surface area contributed by atoms with Gasteiger partial charge in [0.1, 0.15) is 13.2 Å². The van der Waals surface area contributed by atoms with Crippen molar-refractivity contribution in [3.8, 4) is 11.5 Å². The summed E-state index contributed by atoms with van der Waals surface area (Å²) in [6.07, 6.45) is 4.69. The number of carbonyl (C=O) groups excluding carboxylic acids is 2. The van der Waals surface area contributed by atoms with E-state index in [9.17, 15) is 9.59 Å². The van der Waals surface area contributed by atoms with Crippen molar-refractivity contribution in [3.63, 3.8) is 0 Å². The van der Waals surface area contributed by atoms with Crippen LogP contribution in [0.3, 0.4) is 0 Å². The quantitative estimate of drug-likeness (QED) is 0.685. The van der Waals surface area contributed by atoms with E-state index in [1.54, 1.807) is 17.4 Å². The average molecular weight is 426 g/mol. The summed E-state index contributed by atoms with van der Waals surface area (Å²) >= 11 is 1.74. The van der Waals surface area contributed by atoms with Gasteiger partial charge in [0.05, 0.1) is 5.56 Å². The van der Waals surface area contributed by atoms with Gasteiger partial charge in [-0.05, 0) is 61.8 Å². The predicted octanol–water partition coefficient (Wildman–Crippen LogP) is 4.38. The molecule has 1 atom stereocenters. The monoisotopic (exact) mass is 425 g/mol. The maximum Gasteiger partial charge on any atom is 0.254 e. The summed E-state index contributed by atoms with van der Waals surface area (Å²) < 4.78 is 11.2. The fraction of sp³-hybridized carbons (Fsp3) is 0.500. The smallest absolute Gasteiger partial charge is 0.254 e. The molecule has 158 valence electrons. The molecule has 2 aliphatic heterocycles. The number of nitrogens with zero attached hydrogens (tertiary/aromatic N) is 1. The van der Waals surface area contributed by atoms with Crippen LogP contribution in [-0.4, -0.2) is 42.9 Å². The standard InChI is InChI=1S/C24H27NO4S/c1-15-2-4-18-19(14-30-22(18)12-15)24(27)25-8-6-16(7-9-25)23(26)17-3-5-20-21(13-17)29-11-10-28-20/h3,5,13-16H,2,4,6-12H2,1H3/t15-/m1/s1. The van der Waals surface area contributed by atoms with Gasteiger partial charge in [-0.25, -0.2) is 0 Å². The normalized spacial score (nSPS) is 21.2. The van der Waals surface area contributed by atoms with E-state index in [-0.39, 0.29) is 17.6 Å². The van der Waals surface area contributed by atoms with Gasteiger partial charge in [0.15, 0.2) is 17.3 Å². The summed E-state index contributed by atoms with van der Waals surface area (Å²) in [6.45, 7) is 4.62. The molecule has 1 amide bonds. The zero-order chi connectivity index (χ0) is 20.7. The van der Waals surface area contributed by atoms with Crippen LogP contribution in [0.25, 0.3) is 0 Å². The van der Waals surface area contributed by atoms with Gasteiger partial charge in [-0.3, -0.25) is 9.59 Å². The molecule has 5 nitrogen and oxygen atoms in total. The highest BCUT2D eigenvalue weighted by Crippen LogP contribution is 2.35. The van der Waals surface area contributed by atoms with Gasteiger partial charge in [0.2, 0.25) is 0 Å². The van der Waals surface area contributed by atoms with Gasteiger partial charge in [-0.2, -0.15) is 0 Å². The summed E-state index contributed by atoms with van der Waals surface area (Å²) in [5, 5.41) is 2.05. The second kappa shape index (κ2) is 8.06. The van der Waals surface area contributed by atoms with Gasteiger partial charge in [0.25, 0.3) is 5.91 Å². The van der Waals surface area contributed by atoms with Crippen molar-refractivity contribution >= 4 is 23.0 Å². The first-order valence-corrected chi connectivity index (χ1v) is 11.8. The van der Waals surface area contributed by atoms with Gasteiger partial charge < -0.3 is 14.4 Å².